The van der Waals surface area contributed by atoms with Gasteiger partial charge in [-0.1, -0.05) is 22.4 Å². The van der Waals surface area contributed by atoms with Gasteiger partial charge in [0.1, 0.15) is 5.82 Å². The number of halogens is 1. The van der Waals surface area contributed by atoms with Crippen LogP contribution in [-0.4, -0.2) is 26.3 Å². The summed E-state index contributed by atoms with van der Waals surface area (Å²) in [5.41, 5.74) is 3.03. The molecule has 0 unspecified atom stereocenters. The molecule has 0 atom stereocenters. The number of aryl methyl sites for hydroxylation is 2. The van der Waals surface area contributed by atoms with Gasteiger partial charge in [0, 0.05) is 17.2 Å². The van der Waals surface area contributed by atoms with Gasteiger partial charge in [-0.2, -0.15) is 4.98 Å². The van der Waals surface area contributed by atoms with E-state index >= 15 is 0 Å². The number of carbonyl (C=O) groups is 1. The minimum absolute atomic E-state index is 0.106. The Labute approximate surface area is 170 Å². The third kappa shape index (κ3) is 3.32. The first-order chi connectivity index (χ1) is 14.5. The van der Waals surface area contributed by atoms with Crippen molar-refractivity contribution in [3.05, 3.63) is 58.5 Å². The van der Waals surface area contributed by atoms with Crippen LogP contribution in [0.5, 0.6) is 0 Å². The Morgan fingerprint density at radius 1 is 1.17 bits per heavy atom. The van der Waals surface area contributed by atoms with Crippen molar-refractivity contribution < 1.29 is 23.0 Å². The molecule has 30 heavy (non-hydrogen) atoms. The summed E-state index contributed by atoms with van der Waals surface area (Å²) in [5.74, 6) is -0.259. The van der Waals surface area contributed by atoms with Gasteiger partial charge in [0.15, 0.2) is 6.61 Å². The number of carbonyl (C=O) groups excluding carboxylic acids is 1. The minimum Gasteiger partial charge on any atom is -0.452 e. The van der Waals surface area contributed by atoms with Gasteiger partial charge in [0.25, 0.3) is 11.6 Å². The fraction of sp³-hybridized carbons (Fsp3) is 0.286. The highest BCUT2D eigenvalue weighted by Crippen LogP contribution is 2.40. The lowest BCUT2D eigenvalue weighted by atomic mass is 10.1. The highest BCUT2D eigenvalue weighted by molar-refractivity contribution is 6.03. The summed E-state index contributed by atoms with van der Waals surface area (Å²) in [6, 6.07) is 6.40. The average Bonchev–Trinajstić information content (AvgIpc) is 3.38. The van der Waals surface area contributed by atoms with Crippen LogP contribution < -0.4 is 0 Å². The smallest absolute Gasteiger partial charge is 0.339 e. The largest absolute Gasteiger partial charge is 0.452 e. The molecule has 1 aliphatic rings. The topological polar surface area (TPSA) is 104 Å². The Balaban J connectivity index is 1.36. The summed E-state index contributed by atoms with van der Waals surface area (Å²) in [6.45, 7) is 3.20. The second-order valence-electron chi connectivity index (χ2n) is 7.37. The molecule has 1 fully saturated rings. The summed E-state index contributed by atoms with van der Waals surface area (Å²) in [4.78, 5) is 21.4. The lowest BCUT2D eigenvalue weighted by molar-refractivity contribution is 0.0432. The van der Waals surface area contributed by atoms with Crippen molar-refractivity contribution in [2.75, 3.05) is 0 Å². The SMILES string of the molecule is Cc1ccc(-c2noc(COC(=O)c3cc(C4CC4)nc4onc(C)c34)n2)cc1F. The Morgan fingerprint density at radius 2 is 2.00 bits per heavy atom. The first kappa shape index (κ1) is 18.4. The Kier molecular flexibility index (Phi) is 4.30. The second-order valence-corrected chi connectivity index (χ2v) is 7.37. The maximum Gasteiger partial charge on any atom is 0.339 e. The van der Waals surface area contributed by atoms with E-state index in [1.165, 1.54) is 6.07 Å². The molecule has 4 aromatic rings. The molecule has 0 saturated heterocycles. The molecular weight excluding hydrogens is 391 g/mol. The summed E-state index contributed by atoms with van der Waals surface area (Å²) >= 11 is 0. The van der Waals surface area contributed by atoms with E-state index in [9.17, 15) is 9.18 Å². The Bertz CT molecular complexity index is 1280. The third-order valence-electron chi connectivity index (χ3n) is 5.08. The highest BCUT2D eigenvalue weighted by Gasteiger charge is 2.29. The van der Waals surface area contributed by atoms with Gasteiger partial charge in [-0.3, -0.25) is 0 Å². The van der Waals surface area contributed by atoms with E-state index in [1.54, 1.807) is 32.0 Å². The van der Waals surface area contributed by atoms with Crippen molar-refractivity contribution in [3.63, 3.8) is 0 Å². The van der Waals surface area contributed by atoms with E-state index in [4.69, 9.17) is 13.8 Å². The Hall–Kier alpha value is -3.62. The van der Waals surface area contributed by atoms with Crippen molar-refractivity contribution in [3.8, 4) is 11.4 Å². The van der Waals surface area contributed by atoms with Crippen molar-refractivity contribution in [1.29, 1.82) is 0 Å². The molecule has 0 aliphatic heterocycles. The number of hydrogen-bond acceptors (Lipinski definition) is 8. The molecule has 0 N–H and O–H groups in total. The lowest BCUT2D eigenvalue weighted by Gasteiger charge is -2.05. The fourth-order valence-corrected chi connectivity index (χ4v) is 3.23. The van der Waals surface area contributed by atoms with Crippen molar-refractivity contribution in [1.82, 2.24) is 20.3 Å². The van der Waals surface area contributed by atoms with Gasteiger partial charge >= 0.3 is 5.97 Å². The first-order valence-corrected chi connectivity index (χ1v) is 9.53. The summed E-state index contributed by atoms with van der Waals surface area (Å²) < 4.78 is 29.5. The maximum absolute atomic E-state index is 13.8. The van der Waals surface area contributed by atoms with E-state index in [1.807, 2.05) is 0 Å². The van der Waals surface area contributed by atoms with Gasteiger partial charge in [0.2, 0.25) is 5.82 Å². The lowest BCUT2D eigenvalue weighted by Crippen LogP contribution is -2.08. The number of nitrogens with zero attached hydrogens (tertiary/aromatic N) is 4. The molecule has 1 aromatic carbocycles. The molecule has 1 saturated carbocycles. The molecule has 0 spiro atoms. The van der Waals surface area contributed by atoms with Crippen LogP contribution >= 0.6 is 0 Å². The zero-order chi connectivity index (χ0) is 20.8. The first-order valence-electron chi connectivity index (χ1n) is 9.53. The number of pyridine rings is 1. The van der Waals surface area contributed by atoms with Gasteiger partial charge in [-0.15, -0.1) is 0 Å². The van der Waals surface area contributed by atoms with Crippen LogP contribution in [0.25, 0.3) is 22.5 Å². The van der Waals surface area contributed by atoms with Crippen molar-refractivity contribution in [2.45, 2.75) is 39.2 Å². The van der Waals surface area contributed by atoms with Crippen LogP contribution in [0.3, 0.4) is 0 Å². The number of ether oxygens (including phenoxy) is 1. The average molecular weight is 408 g/mol. The molecule has 0 amide bonds. The standard InChI is InChI=1S/C21H17FN4O4/c1-10-3-4-13(7-15(10)22)19-24-17(29-26-19)9-28-21(27)14-8-16(12-5-6-12)23-20-18(14)11(2)25-30-20/h3-4,7-8,12H,5-6,9H2,1-2H3. The van der Waals surface area contributed by atoms with Crippen LogP contribution in [0.4, 0.5) is 4.39 Å². The molecule has 152 valence electrons. The van der Waals surface area contributed by atoms with Crippen LogP contribution in [-0.2, 0) is 11.3 Å². The predicted molar refractivity (Wildman–Crippen MR) is 102 cm³/mol. The molecule has 9 heteroatoms. The molecule has 3 aromatic heterocycles. The van der Waals surface area contributed by atoms with Gasteiger partial charge in [-0.05, 0) is 44.4 Å². The highest BCUT2D eigenvalue weighted by atomic mass is 19.1. The molecule has 0 bridgehead atoms. The summed E-state index contributed by atoms with van der Waals surface area (Å²) in [6.07, 6.45) is 2.06. The van der Waals surface area contributed by atoms with Crippen LogP contribution in [0.1, 0.15) is 52.0 Å². The number of hydrogen-bond donors (Lipinski definition) is 0. The number of benzene rings is 1. The van der Waals surface area contributed by atoms with E-state index in [0.29, 0.717) is 39.4 Å². The molecule has 0 radical (unpaired) electrons. The molecular formula is C21H17FN4O4. The minimum atomic E-state index is -0.559. The molecule has 8 nitrogen and oxygen atoms in total. The summed E-state index contributed by atoms with van der Waals surface area (Å²) in [7, 11) is 0. The zero-order valence-corrected chi connectivity index (χ0v) is 16.3. The number of fused-ring (bicyclic) bond motifs is 1. The number of aromatic nitrogens is 4. The zero-order valence-electron chi connectivity index (χ0n) is 16.3. The monoisotopic (exact) mass is 408 g/mol. The predicted octanol–water partition coefficient (Wildman–Crippen LogP) is 4.26. The van der Waals surface area contributed by atoms with Crippen LogP contribution in [0, 0.1) is 19.7 Å². The van der Waals surface area contributed by atoms with Crippen LogP contribution in [0.2, 0.25) is 0 Å². The van der Waals surface area contributed by atoms with Crippen LogP contribution in [0.15, 0.2) is 33.3 Å². The summed E-state index contributed by atoms with van der Waals surface area (Å²) in [5, 5.41) is 8.27. The molecule has 3 heterocycles. The van der Waals surface area contributed by atoms with E-state index in [0.717, 1.165) is 18.5 Å². The fourth-order valence-electron chi connectivity index (χ4n) is 3.23. The normalized spacial score (nSPS) is 13.7. The van der Waals surface area contributed by atoms with Gasteiger partial charge in [-0.25, -0.2) is 14.2 Å². The Morgan fingerprint density at radius 3 is 2.77 bits per heavy atom. The van der Waals surface area contributed by atoms with E-state index in [-0.39, 0.29) is 24.1 Å². The number of esters is 1. The third-order valence-corrected chi connectivity index (χ3v) is 5.08. The number of rotatable bonds is 5. The second kappa shape index (κ2) is 7.01. The van der Waals surface area contributed by atoms with Crippen molar-refractivity contribution >= 4 is 17.1 Å². The molecule has 5 rings (SSSR count). The quantitative estimate of drug-likeness (QED) is 0.451. The van der Waals surface area contributed by atoms with Gasteiger partial charge < -0.3 is 13.8 Å². The van der Waals surface area contributed by atoms with Crippen molar-refractivity contribution in [2.24, 2.45) is 0 Å². The van der Waals surface area contributed by atoms with E-state index in [2.05, 4.69) is 20.3 Å². The maximum atomic E-state index is 13.8. The van der Waals surface area contributed by atoms with Gasteiger partial charge in [0.05, 0.1) is 16.6 Å². The van der Waals surface area contributed by atoms with E-state index < -0.39 is 5.97 Å². The molecule has 1 aliphatic carbocycles.